The Balaban J connectivity index is 2.55. The van der Waals surface area contributed by atoms with Gasteiger partial charge in [-0.2, -0.15) is 0 Å². The fourth-order valence-corrected chi connectivity index (χ4v) is 2.48. The highest BCUT2D eigenvalue weighted by Gasteiger charge is 2.09. The number of hydrogen-bond donors (Lipinski definition) is 2. The molecular formula is C11H18N2O2S. The smallest absolute Gasteiger partial charge is 0.211 e. The number of rotatable bonds is 6. The second-order valence-electron chi connectivity index (χ2n) is 3.69. The number of benzene rings is 1. The molecule has 0 radical (unpaired) electrons. The predicted octanol–water partition coefficient (Wildman–Crippen LogP) is 1.49. The van der Waals surface area contributed by atoms with Crippen molar-refractivity contribution in [2.75, 3.05) is 11.5 Å². The topological polar surface area (TPSA) is 72.2 Å². The zero-order valence-electron chi connectivity index (χ0n) is 9.44. The highest BCUT2D eigenvalue weighted by atomic mass is 32.2. The van der Waals surface area contributed by atoms with E-state index in [1.807, 2.05) is 25.1 Å². The summed E-state index contributed by atoms with van der Waals surface area (Å²) in [5, 5.41) is 0. The first-order valence-electron chi connectivity index (χ1n) is 5.36. The number of nitrogens with two attached hydrogens (primary N) is 1. The van der Waals surface area contributed by atoms with Gasteiger partial charge in [-0.15, -0.1) is 0 Å². The summed E-state index contributed by atoms with van der Waals surface area (Å²) < 4.78 is 25.6. The molecule has 0 unspecified atom stereocenters. The molecule has 0 aliphatic carbocycles. The van der Waals surface area contributed by atoms with Gasteiger partial charge in [-0.3, -0.25) is 0 Å². The van der Waals surface area contributed by atoms with Crippen LogP contribution in [-0.2, 0) is 16.6 Å². The molecule has 3 N–H and O–H groups in total. The molecule has 0 fully saturated rings. The van der Waals surface area contributed by atoms with Gasteiger partial charge in [0.05, 0.1) is 5.75 Å². The number of nitrogens with one attached hydrogen (secondary N) is 1. The maximum absolute atomic E-state index is 11.5. The van der Waals surface area contributed by atoms with Gasteiger partial charge in [-0.25, -0.2) is 13.1 Å². The highest BCUT2D eigenvalue weighted by Crippen LogP contribution is 2.10. The van der Waals surface area contributed by atoms with Crippen LogP contribution in [0.25, 0.3) is 0 Å². The Morgan fingerprint density at radius 3 is 2.62 bits per heavy atom. The van der Waals surface area contributed by atoms with Crippen molar-refractivity contribution in [3.63, 3.8) is 0 Å². The second kappa shape index (κ2) is 5.86. The normalized spacial score (nSPS) is 11.6. The third-order valence-corrected chi connectivity index (χ3v) is 3.71. The molecule has 1 aromatic rings. The van der Waals surface area contributed by atoms with Gasteiger partial charge in [0.15, 0.2) is 0 Å². The van der Waals surface area contributed by atoms with Crippen molar-refractivity contribution in [2.45, 2.75) is 26.3 Å². The maximum atomic E-state index is 11.5. The SMILES string of the molecule is CCCCS(=O)(=O)NCc1ccccc1N. The first-order chi connectivity index (χ1) is 7.55. The van der Waals surface area contributed by atoms with Crippen molar-refractivity contribution in [1.29, 1.82) is 0 Å². The van der Waals surface area contributed by atoms with Crippen molar-refractivity contribution in [2.24, 2.45) is 0 Å². The summed E-state index contributed by atoms with van der Waals surface area (Å²) >= 11 is 0. The standard InChI is InChI=1S/C11H18N2O2S/c1-2-3-8-16(14,15)13-9-10-6-4-5-7-11(10)12/h4-7,13H,2-3,8-9,12H2,1H3. The average molecular weight is 242 g/mol. The molecule has 1 rings (SSSR count). The van der Waals surface area contributed by atoms with Gasteiger partial charge in [0, 0.05) is 12.2 Å². The molecule has 0 aromatic heterocycles. The highest BCUT2D eigenvalue weighted by molar-refractivity contribution is 7.89. The predicted molar refractivity (Wildman–Crippen MR) is 66.4 cm³/mol. The monoisotopic (exact) mass is 242 g/mol. The first kappa shape index (κ1) is 13.0. The van der Waals surface area contributed by atoms with Crippen LogP contribution in [-0.4, -0.2) is 14.2 Å². The van der Waals surface area contributed by atoms with Crippen LogP contribution in [0.5, 0.6) is 0 Å². The minimum atomic E-state index is -3.16. The van der Waals surface area contributed by atoms with E-state index in [4.69, 9.17) is 5.73 Å². The van der Waals surface area contributed by atoms with Crippen molar-refractivity contribution < 1.29 is 8.42 Å². The largest absolute Gasteiger partial charge is 0.398 e. The van der Waals surface area contributed by atoms with E-state index in [-0.39, 0.29) is 12.3 Å². The van der Waals surface area contributed by atoms with Crippen molar-refractivity contribution >= 4 is 15.7 Å². The zero-order chi connectivity index (χ0) is 12.0. The van der Waals surface area contributed by atoms with E-state index in [1.54, 1.807) is 6.07 Å². The molecule has 0 aliphatic heterocycles. The third kappa shape index (κ3) is 4.20. The fourth-order valence-electron chi connectivity index (χ4n) is 1.29. The Morgan fingerprint density at radius 2 is 2.00 bits per heavy atom. The van der Waals surface area contributed by atoms with Crippen molar-refractivity contribution in [3.05, 3.63) is 29.8 Å². The van der Waals surface area contributed by atoms with E-state index in [9.17, 15) is 8.42 Å². The Hall–Kier alpha value is -1.07. The molecule has 0 heterocycles. The molecule has 1 aromatic carbocycles. The van der Waals surface area contributed by atoms with Crippen LogP contribution in [0.3, 0.4) is 0 Å². The van der Waals surface area contributed by atoms with Crippen LogP contribution >= 0.6 is 0 Å². The van der Waals surface area contributed by atoms with Crippen LogP contribution in [0.4, 0.5) is 5.69 Å². The summed E-state index contributed by atoms with van der Waals surface area (Å²) in [4.78, 5) is 0. The molecule has 4 nitrogen and oxygen atoms in total. The summed E-state index contributed by atoms with van der Waals surface area (Å²) in [5.41, 5.74) is 7.13. The van der Waals surface area contributed by atoms with E-state index in [0.29, 0.717) is 12.1 Å². The number of anilines is 1. The average Bonchev–Trinajstić information content (AvgIpc) is 2.26. The van der Waals surface area contributed by atoms with Gasteiger partial charge in [-0.05, 0) is 18.1 Å². The summed E-state index contributed by atoms with van der Waals surface area (Å²) in [7, 11) is -3.16. The van der Waals surface area contributed by atoms with Gasteiger partial charge in [-0.1, -0.05) is 31.5 Å². The van der Waals surface area contributed by atoms with E-state index in [2.05, 4.69) is 4.72 Å². The molecule has 0 aliphatic rings. The zero-order valence-corrected chi connectivity index (χ0v) is 10.3. The summed E-state index contributed by atoms with van der Waals surface area (Å²) in [6.45, 7) is 2.23. The molecule has 0 atom stereocenters. The van der Waals surface area contributed by atoms with E-state index in [0.717, 1.165) is 12.0 Å². The van der Waals surface area contributed by atoms with Gasteiger partial charge in [0.2, 0.25) is 10.0 Å². The molecule has 0 bridgehead atoms. The second-order valence-corrected chi connectivity index (χ2v) is 5.62. The van der Waals surface area contributed by atoms with Crippen LogP contribution in [0.15, 0.2) is 24.3 Å². The molecular weight excluding hydrogens is 224 g/mol. The number of hydrogen-bond acceptors (Lipinski definition) is 3. The minimum absolute atomic E-state index is 0.177. The van der Waals surface area contributed by atoms with Crippen LogP contribution < -0.4 is 10.5 Å². The molecule has 0 spiro atoms. The Morgan fingerprint density at radius 1 is 1.31 bits per heavy atom. The lowest BCUT2D eigenvalue weighted by atomic mass is 10.2. The van der Waals surface area contributed by atoms with Crippen molar-refractivity contribution in [3.8, 4) is 0 Å². The molecule has 0 saturated heterocycles. The quantitative estimate of drug-likeness (QED) is 0.742. The molecule has 16 heavy (non-hydrogen) atoms. The lowest BCUT2D eigenvalue weighted by Crippen LogP contribution is -2.26. The first-order valence-corrected chi connectivity index (χ1v) is 7.01. The lowest BCUT2D eigenvalue weighted by molar-refractivity contribution is 0.578. The molecule has 5 heteroatoms. The van der Waals surface area contributed by atoms with E-state index >= 15 is 0 Å². The van der Waals surface area contributed by atoms with Gasteiger partial charge in [0.1, 0.15) is 0 Å². The minimum Gasteiger partial charge on any atom is -0.398 e. The number of sulfonamides is 1. The molecule has 0 amide bonds. The summed E-state index contributed by atoms with van der Waals surface area (Å²) in [5.74, 6) is 0.177. The van der Waals surface area contributed by atoms with Crippen LogP contribution in [0, 0.1) is 0 Å². The number of nitrogen functional groups attached to an aromatic ring is 1. The number of para-hydroxylation sites is 1. The van der Waals surface area contributed by atoms with E-state index in [1.165, 1.54) is 0 Å². The third-order valence-electron chi connectivity index (χ3n) is 2.30. The Bertz CT molecular complexity index is 429. The van der Waals surface area contributed by atoms with Gasteiger partial charge < -0.3 is 5.73 Å². The number of unbranched alkanes of at least 4 members (excludes halogenated alkanes) is 1. The molecule has 0 saturated carbocycles. The van der Waals surface area contributed by atoms with Crippen LogP contribution in [0.1, 0.15) is 25.3 Å². The Kier molecular flexibility index (Phi) is 4.76. The van der Waals surface area contributed by atoms with Crippen LogP contribution in [0.2, 0.25) is 0 Å². The van der Waals surface area contributed by atoms with E-state index < -0.39 is 10.0 Å². The molecule has 90 valence electrons. The van der Waals surface area contributed by atoms with Crippen molar-refractivity contribution in [1.82, 2.24) is 4.72 Å². The fraction of sp³-hybridized carbons (Fsp3) is 0.455. The van der Waals surface area contributed by atoms with Gasteiger partial charge in [0.25, 0.3) is 0 Å². The Labute approximate surface area is 96.9 Å². The maximum Gasteiger partial charge on any atom is 0.211 e. The lowest BCUT2D eigenvalue weighted by Gasteiger charge is -2.07. The van der Waals surface area contributed by atoms with Gasteiger partial charge >= 0.3 is 0 Å². The summed E-state index contributed by atoms with van der Waals surface area (Å²) in [6.07, 6.45) is 1.55. The summed E-state index contributed by atoms with van der Waals surface area (Å²) in [6, 6.07) is 7.24.